The molecule has 1 aromatic rings. The highest BCUT2D eigenvalue weighted by Crippen LogP contribution is 2.10. The smallest absolute Gasteiger partial charge is 0.337 e. The van der Waals surface area contributed by atoms with Crippen LogP contribution in [0.1, 0.15) is 12.5 Å². The molecule has 0 fully saturated rings. The summed E-state index contributed by atoms with van der Waals surface area (Å²) < 4.78 is 1.16. The van der Waals surface area contributed by atoms with Gasteiger partial charge < -0.3 is 5.11 Å². The van der Waals surface area contributed by atoms with Crippen molar-refractivity contribution < 1.29 is 9.90 Å². The number of aliphatic carboxylic acids is 1. The van der Waals surface area contributed by atoms with Gasteiger partial charge in [-0.2, -0.15) is 0 Å². The summed E-state index contributed by atoms with van der Waals surface area (Å²) in [6.07, 6.45) is 12.1. The first kappa shape index (κ1) is 18.6. The number of aromatic amines is 1. The molecule has 0 unspecified atom stereocenters. The number of hydrogen-bond donors (Lipinski definition) is 2. The van der Waals surface area contributed by atoms with Crippen LogP contribution >= 0.6 is 0 Å². The van der Waals surface area contributed by atoms with Gasteiger partial charge >= 0.3 is 5.97 Å². The van der Waals surface area contributed by atoms with E-state index < -0.39 is 5.97 Å². The zero-order valence-electron chi connectivity index (χ0n) is 13.4. The predicted molar refractivity (Wildman–Crippen MR) is 97.0 cm³/mol. The average molecular weight is 325 g/mol. The van der Waals surface area contributed by atoms with Crippen molar-refractivity contribution in [2.24, 2.45) is 4.99 Å². The molecule has 0 aliphatic carbocycles. The minimum absolute atomic E-state index is 0.103. The summed E-state index contributed by atoms with van der Waals surface area (Å²) in [5.74, 6) is -1.01. The van der Waals surface area contributed by atoms with Gasteiger partial charge in [0.1, 0.15) is 0 Å². The van der Waals surface area contributed by atoms with Gasteiger partial charge in [-0.05, 0) is 18.6 Å². The van der Waals surface area contributed by atoms with E-state index in [9.17, 15) is 9.59 Å². The summed E-state index contributed by atoms with van der Waals surface area (Å²) in [7, 11) is 0. The second kappa shape index (κ2) is 8.89. The second-order valence-electron chi connectivity index (χ2n) is 4.46. The molecule has 1 aromatic heterocycles. The minimum atomic E-state index is -1.17. The lowest BCUT2D eigenvalue weighted by Gasteiger charge is -2.00. The Morgan fingerprint density at radius 2 is 2.00 bits per heavy atom. The number of carboxylic acids is 1. The molecule has 24 heavy (non-hydrogen) atoms. The van der Waals surface area contributed by atoms with E-state index in [-0.39, 0.29) is 17.0 Å². The molecule has 124 valence electrons. The molecule has 0 atom stereocenters. The lowest BCUT2D eigenvalue weighted by Crippen LogP contribution is -2.25. The number of nitrogens with zero attached hydrogens (tertiary/aromatic N) is 2. The van der Waals surface area contributed by atoms with Crippen LogP contribution in [0.4, 0.5) is 0 Å². The number of hydrogen-bond acceptors (Lipinski definition) is 3. The van der Waals surface area contributed by atoms with E-state index in [2.05, 4.69) is 29.8 Å². The van der Waals surface area contributed by atoms with E-state index in [1.807, 2.05) is 13.0 Å². The van der Waals surface area contributed by atoms with Gasteiger partial charge in [0.05, 0.1) is 11.1 Å². The molecule has 0 aromatic carbocycles. The molecule has 0 radical (unpaired) electrons. The molecule has 0 saturated carbocycles. The fourth-order valence-electron chi connectivity index (χ4n) is 1.75. The maximum Gasteiger partial charge on any atom is 0.337 e. The van der Waals surface area contributed by atoms with Gasteiger partial charge in [0.2, 0.25) is 0 Å². The zero-order chi connectivity index (χ0) is 18.1. The Labute approximate surface area is 139 Å². The van der Waals surface area contributed by atoms with Crippen molar-refractivity contribution in [3.05, 3.63) is 90.1 Å². The molecule has 6 nitrogen and oxygen atoms in total. The first-order valence-electron chi connectivity index (χ1n) is 7.02. The van der Waals surface area contributed by atoms with Crippen molar-refractivity contribution in [1.82, 2.24) is 9.78 Å². The molecule has 1 heterocycles. The highest BCUT2D eigenvalue weighted by Gasteiger charge is 2.11. The molecule has 0 spiro atoms. The van der Waals surface area contributed by atoms with Gasteiger partial charge in [-0.1, -0.05) is 50.1 Å². The summed E-state index contributed by atoms with van der Waals surface area (Å²) in [5.41, 5.74) is 0.593. The van der Waals surface area contributed by atoms with E-state index in [1.165, 1.54) is 12.3 Å². The van der Waals surface area contributed by atoms with Gasteiger partial charge in [0, 0.05) is 12.4 Å². The number of rotatable bonds is 7. The normalized spacial score (nSPS) is 13.1. The summed E-state index contributed by atoms with van der Waals surface area (Å²) in [6.45, 7) is 12.5. The van der Waals surface area contributed by atoms with Crippen LogP contribution in [0.5, 0.6) is 0 Å². The molecule has 1 rings (SSSR count). The Bertz CT molecular complexity index is 830. The predicted octanol–water partition coefficient (Wildman–Crippen LogP) is 2.91. The first-order chi connectivity index (χ1) is 11.5. The lowest BCUT2D eigenvalue weighted by molar-refractivity contribution is -0.132. The van der Waals surface area contributed by atoms with Gasteiger partial charge in [-0.15, -0.1) is 0 Å². The van der Waals surface area contributed by atoms with Crippen molar-refractivity contribution in [1.29, 1.82) is 0 Å². The van der Waals surface area contributed by atoms with E-state index in [0.717, 1.165) is 17.0 Å². The van der Waals surface area contributed by atoms with E-state index in [1.54, 1.807) is 18.2 Å². The highest BCUT2D eigenvalue weighted by molar-refractivity contribution is 5.95. The largest absolute Gasteiger partial charge is 0.478 e. The van der Waals surface area contributed by atoms with Gasteiger partial charge in [-0.25, -0.2) is 14.5 Å². The molecule has 2 N–H and O–H groups in total. The summed E-state index contributed by atoms with van der Waals surface area (Å²) in [5, 5.41) is 11.7. The third-order valence-electron chi connectivity index (χ3n) is 2.99. The van der Waals surface area contributed by atoms with Crippen LogP contribution < -0.4 is 5.56 Å². The second-order valence-corrected chi connectivity index (χ2v) is 4.46. The van der Waals surface area contributed by atoms with Gasteiger partial charge in [0.25, 0.3) is 5.56 Å². The first-order valence-corrected chi connectivity index (χ1v) is 7.02. The molecular weight excluding hydrogens is 306 g/mol. The van der Waals surface area contributed by atoms with Gasteiger partial charge in [0.15, 0.2) is 5.84 Å². The molecule has 0 saturated heterocycles. The van der Waals surface area contributed by atoms with Crippen molar-refractivity contribution in [2.75, 3.05) is 0 Å². The Hall–Kier alpha value is -3.41. The topological polar surface area (TPSA) is 87.4 Å². The SMILES string of the molecule is C=CC(=N/C=C(\C=C)C(=O)O)n1[nH]cc(/C(C=C)=C/C=C\C)c1=O. The maximum atomic E-state index is 12.5. The van der Waals surface area contributed by atoms with Crippen LogP contribution in [-0.4, -0.2) is 26.7 Å². The average Bonchev–Trinajstić information content (AvgIpc) is 2.94. The fraction of sp³-hybridized carbons (Fsp3) is 0.0556. The quantitative estimate of drug-likeness (QED) is 0.350. The Morgan fingerprint density at radius 3 is 2.50 bits per heavy atom. The Morgan fingerprint density at radius 1 is 1.29 bits per heavy atom. The fourth-order valence-corrected chi connectivity index (χ4v) is 1.75. The zero-order valence-corrected chi connectivity index (χ0v) is 13.4. The number of nitrogens with one attached hydrogen (secondary N) is 1. The Balaban J connectivity index is 3.39. The van der Waals surface area contributed by atoms with Crippen LogP contribution in [0.2, 0.25) is 0 Å². The number of carboxylic acid groups (broad SMARTS) is 1. The summed E-state index contributed by atoms with van der Waals surface area (Å²) >= 11 is 0. The number of allylic oxidation sites excluding steroid dienone is 6. The van der Waals surface area contributed by atoms with E-state index in [4.69, 9.17) is 5.11 Å². The number of aromatic nitrogens is 2. The minimum Gasteiger partial charge on any atom is -0.478 e. The maximum absolute atomic E-state index is 12.5. The van der Waals surface area contributed by atoms with Gasteiger partial charge in [-0.3, -0.25) is 9.89 Å². The van der Waals surface area contributed by atoms with Crippen LogP contribution in [-0.2, 0) is 4.79 Å². The number of carbonyl (C=O) groups is 1. The van der Waals surface area contributed by atoms with Crippen LogP contribution in [0.15, 0.2) is 83.9 Å². The van der Waals surface area contributed by atoms with Crippen molar-refractivity contribution in [3.63, 3.8) is 0 Å². The molecule has 0 amide bonds. The molecule has 0 aliphatic heterocycles. The monoisotopic (exact) mass is 325 g/mol. The van der Waals surface area contributed by atoms with E-state index in [0.29, 0.717) is 11.1 Å². The van der Waals surface area contributed by atoms with Crippen molar-refractivity contribution in [3.8, 4) is 0 Å². The lowest BCUT2D eigenvalue weighted by atomic mass is 10.1. The molecule has 6 heteroatoms. The third-order valence-corrected chi connectivity index (χ3v) is 2.99. The summed E-state index contributed by atoms with van der Waals surface area (Å²) in [4.78, 5) is 27.4. The van der Waals surface area contributed by atoms with Crippen LogP contribution in [0.3, 0.4) is 0 Å². The number of aliphatic imine (C=N–C) groups is 1. The molecular formula is C18H19N3O3. The highest BCUT2D eigenvalue weighted by atomic mass is 16.4. The van der Waals surface area contributed by atoms with Crippen LogP contribution in [0, 0.1) is 0 Å². The molecule has 0 aliphatic rings. The van der Waals surface area contributed by atoms with Crippen molar-refractivity contribution in [2.45, 2.75) is 6.92 Å². The summed E-state index contributed by atoms with van der Waals surface area (Å²) in [6, 6.07) is 0. The Kier molecular flexibility index (Phi) is 6.91. The third kappa shape index (κ3) is 4.30. The molecule has 0 bridgehead atoms. The standard InChI is InChI=1S/C18H19N3O3/c1-5-9-10-13(6-2)15-12-20-21(17(15)22)16(8-4)19-11-14(7-3)18(23)24/h5-12,20H,2-4H2,1H3,(H,23,24)/b9-5-,13-10+,14-11+,19-16?. The van der Waals surface area contributed by atoms with E-state index >= 15 is 0 Å². The van der Waals surface area contributed by atoms with Crippen molar-refractivity contribution >= 4 is 17.4 Å². The number of H-pyrrole nitrogens is 1. The van der Waals surface area contributed by atoms with Crippen LogP contribution in [0.25, 0.3) is 5.57 Å².